The van der Waals surface area contributed by atoms with E-state index in [1.54, 1.807) is 0 Å². The van der Waals surface area contributed by atoms with E-state index < -0.39 is 41.0 Å². The Morgan fingerprint density at radius 1 is 1.19 bits per heavy atom. The first-order valence-electron chi connectivity index (χ1n) is 9.36. The van der Waals surface area contributed by atoms with Gasteiger partial charge in [-0.1, -0.05) is 13.8 Å². The summed E-state index contributed by atoms with van der Waals surface area (Å²) in [4.78, 5) is 32.7. The van der Waals surface area contributed by atoms with E-state index in [2.05, 4.69) is 15.3 Å². The zero-order chi connectivity index (χ0) is 23.0. The van der Waals surface area contributed by atoms with Crippen LogP contribution in [0.3, 0.4) is 0 Å². The molecule has 0 saturated carbocycles. The van der Waals surface area contributed by atoms with Crippen LogP contribution in [0.2, 0.25) is 0 Å². The van der Waals surface area contributed by atoms with Crippen molar-refractivity contribution in [1.29, 1.82) is 0 Å². The van der Waals surface area contributed by atoms with Crippen molar-refractivity contribution < 1.29 is 31.5 Å². The van der Waals surface area contributed by atoms with Crippen molar-refractivity contribution in [3.63, 3.8) is 0 Å². The molecule has 0 aliphatic carbocycles. The summed E-state index contributed by atoms with van der Waals surface area (Å²) in [6, 6.07) is 3.25. The highest BCUT2D eigenvalue weighted by Gasteiger charge is 2.48. The van der Waals surface area contributed by atoms with Crippen LogP contribution in [-0.2, 0) is 6.18 Å². The monoisotopic (exact) mass is 442 g/mol. The Labute approximate surface area is 174 Å². The molecule has 1 N–H and O–H groups in total. The fourth-order valence-electron chi connectivity index (χ4n) is 3.46. The number of halogens is 5. The lowest BCUT2D eigenvalue weighted by Gasteiger charge is -2.42. The number of carbonyl (C=O) groups is 2. The molecule has 6 nitrogen and oxygen atoms in total. The number of piperidine rings is 1. The highest BCUT2D eigenvalue weighted by molar-refractivity contribution is 6.07. The predicted octanol–water partition coefficient (Wildman–Crippen LogP) is 4.29. The van der Waals surface area contributed by atoms with Crippen LogP contribution in [0.1, 0.15) is 40.3 Å². The van der Waals surface area contributed by atoms with E-state index in [-0.39, 0.29) is 30.3 Å². The number of amides is 1. The Hall–Kier alpha value is -3.11. The molecule has 11 heteroatoms. The fourth-order valence-corrected chi connectivity index (χ4v) is 3.46. The van der Waals surface area contributed by atoms with Crippen molar-refractivity contribution >= 4 is 23.7 Å². The number of alkyl halides is 5. The summed E-state index contributed by atoms with van der Waals surface area (Å²) >= 11 is 0. The first kappa shape index (κ1) is 22.6. The molecule has 166 valence electrons. The second-order valence-electron chi connectivity index (χ2n) is 7.52. The average molecular weight is 442 g/mol. The summed E-state index contributed by atoms with van der Waals surface area (Å²) < 4.78 is 68.1. The van der Waals surface area contributed by atoms with Crippen molar-refractivity contribution in [3.8, 4) is 0 Å². The minimum atomic E-state index is -4.75. The van der Waals surface area contributed by atoms with E-state index in [4.69, 9.17) is 0 Å². The van der Waals surface area contributed by atoms with Gasteiger partial charge in [0.15, 0.2) is 6.29 Å². The van der Waals surface area contributed by atoms with Gasteiger partial charge in [-0.3, -0.25) is 14.6 Å². The van der Waals surface area contributed by atoms with Crippen molar-refractivity contribution in [2.24, 2.45) is 11.8 Å². The maximum absolute atomic E-state index is 14.2. The summed E-state index contributed by atoms with van der Waals surface area (Å²) in [6.07, 6.45) is -2.48. The molecule has 0 bridgehead atoms. The molecule has 3 rings (SSSR count). The van der Waals surface area contributed by atoms with Crippen molar-refractivity contribution in [1.82, 2.24) is 9.97 Å². The van der Waals surface area contributed by atoms with Crippen molar-refractivity contribution in [2.45, 2.75) is 25.9 Å². The molecule has 1 aliphatic heterocycles. The molecule has 2 aromatic rings. The number of hydrogen-bond donors (Lipinski definition) is 1. The van der Waals surface area contributed by atoms with Crippen LogP contribution in [0.4, 0.5) is 33.5 Å². The summed E-state index contributed by atoms with van der Waals surface area (Å²) in [5, 5.41) is 2.41. The highest BCUT2D eigenvalue weighted by atomic mass is 19.4. The molecule has 2 aromatic heterocycles. The number of aldehydes is 1. The third kappa shape index (κ3) is 4.64. The molecule has 1 fully saturated rings. The first-order valence-corrected chi connectivity index (χ1v) is 9.36. The van der Waals surface area contributed by atoms with Gasteiger partial charge in [0.2, 0.25) is 0 Å². The molecule has 31 heavy (non-hydrogen) atoms. The zero-order valence-corrected chi connectivity index (χ0v) is 16.6. The molecule has 0 spiro atoms. The van der Waals surface area contributed by atoms with Gasteiger partial charge in [0.05, 0.1) is 11.1 Å². The lowest BCUT2D eigenvalue weighted by molar-refractivity contribution is -0.137. The molecular weight excluding hydrogens is 423 g/mol. The van der Waals surface area contributed by atoms with Crippen LogP contribution in [-0.4, -0.2) is 41.2 Å². The maximum Gasteiger partial charge on any atom is 0.417 e. The minimum Gasteiger partial charge on any atom is -0.355 e. The van der Waals surface area contributed by atoms with Crippen LogP contribution in [0.5, 0.6) is 0 Å². The Bertz CT molecular complexity index is 982. The van der Waals surface area contributed by atoms with Gasteiger partial charge >= 0.3 is 6.18 Å². The molecule has 1 amide bonds. The molecule has 2 unspecified atom stereocenters. The Morgan fingerprint density at radius 3 is 2.42 bits per heavy atom. The molecule has 1 aliphatic rings. The highest BCUT2D eigenvalue weighted by Crippen LogP contribution is 2.40. The standard InChI is InChI=1S/C20H19F5N4O2/c1-11-8-29(9-12(2)19(11,21)22)17-16(5-13(7-27-17)20(23,24)25)18(31)28-14-3-4-26-15(6-14)10-30/h3-7,10-12H,8-9H2,1-2H3,(H,26,28,31). The quantitative estimate of drug-likeness (QED) is 0.565. The Morgan fingerprint density at radius 2 is 1.84 bits per heavy atom. The van der Waals surface area contributed by atoms with Gasteiger partial charge in [0, 0.05) is 43.0 Å². The van der Waals surface area contributed by atoms with Crippen molar-refractivity contribution in [3.05, 3.63) is 47.4 Å². The van der Waals surface area contributed by atoms with E-state index in [1.807, 2.05) is 0 Å². The Kier molecular flexibility index (Phi) is 5.97. The summed E-state index contributed by atoms with van der Waals surface area (Å²) in [5.41, 5.74) is -1.41. The summed E-state index contributed by atoms with van der Waals surface area (Å²) in [6.45, 7) is 2.32. The Balaban J connectivity index is 2.00. The van der Waals surface area contributed by atoms with Crippen LogP contribution in [0, 0.1) is 11.8 Å². The van der Waals surface area contributed by atoms with Gasteiger partial charge < -0.3 is 10.2 Å². The minimum absolute atomic E-state index is 0.0149. The normalized spacial score (nSPS) is 20.9. The second kappa shape index (κ2) is 8.20. The number of rotatable bonds is 4. The third-order valence-corrected chi connectivity index (χ3v) is 5.20. The SMILES string of the molecule is CC1CN(c2ncc(C(F)(F)F)cc2C(=O)Nc2ccnc(C=O)c2)CC(C)C1(F)F. The van der Waals surface area contributed by atoms with E-state index in [9.17, 15) is 31.5 Å². The van der Waals surface area contributed by atoms with Crippen LogP contribution in [0.25, 0.3) is 0 Å². The van der Waals surface area contributed by atoms with Gasteiger partial charge in [-0.25, -0.2) is 13.8 Å². The number of carbonyl (C=O) groups excluding carboxylic acids is 2. The number of hydrogen-bond acceptors (Lipinski definition) is 5. The first-order chi connectivity index (χ1) is 14.4. The molecule has 0 radical (unpaired) electrons. The molecular formula is C20H19F5N4O2. The van der Waals surface area contributed by atoms with E-state index in [0.29, 0.717) is 18.5 Å². The average Bonchev–Trinajstić information content (AvgIpc) is 2.71. The smallest absolute Gasteiger partial charge is 0.355 e. The van der Waals surface area contributed by atoms with Crippen LogP contribution < -0.4 is 10.2 Å². The van der Waals surface area contributed by atoms with E-state index >= 15 is 0 Å². The second-order valence-corrected chi connectivity index (χ2v) is 7.52. The summed E-state index contributed by atoms with van der Waals surface area (Å²) in [7, 11) is 0. The topological polar surface area (TPSA) is 75.2 Å². The number of pyridine rings is 2. The van der Waals surface area contributed by atoms with E-state index in [0.717, 1.165) is 0 Å². The molecule has 3 heterocycles. The van der Waals surface area contributed by atoms with Gasteiger partial charge in [-0.15, -0.1) is 0 Å². The summed E-state index contributed by atoms with van der Waals surface area (Å²) in [5.74, 6) is -6.18. The number of nitrogens with zero attached hydrogens (tertiary/aromatic N) is 3. The van der Waals surface area contributed by atoms with Gasteiger partial charge in [-0.2, -0.15) is 13.2 Å². The molecule has 2 atom stereocenters. The van der Waals surface area contributed by atoms with Gasteiger partial charge in [0.25, 0.3) is 11.8 Å². The number of nitrogens with one attached hydrogen (secondary N) is 1. The number of anilines is 2. The van der Waals surface area contributed by atoms with Crippen LogP contribution in [0.15, 0.2) is 30.6 Å². The van der Waals surface area contributed by atoms with Gasteiger partial charge in [0.1, 0.15) is 11.5 Å². The number of aromatic nitrogens is 2. The predicted molar refractivity (Wildman–Crippen MR) is 102 cm³/mol. The lowest BCUT2D eigenvalue weighted by atomic mass is 9.87. The lowest BCUT2D eigenvalue weighted by Crippen LogP contribution is -2.52. The van der Waals surface area contributed by atoms with E-state index in [1.165, 1.54) is 37.1 Å². The van der Waals surface area contributed by atoms with Crippen LogP contribution >= 0.6 is 0 Å². The van der Waals surface area contributed by atoms with Crippen molar-refractivity contribution in [2.75, 3.05) is 23.3 Å². The fraction of sp³-hybridized carbons (Fsp3) is 0.400. The van der Waals surface area contributed by atoms with Gasteiger partial charge in [-0.05, 0) is 18.2 Å². The molecule has 1 saturated heterocycles. The zero-order valence-electron chi connectivity index (χ0n) is 16.6. The largest absolute Gasteiger partial charge is 0.417 e. The maximum atomic E-state index is 14.2. The third-order valence-electron chi connectivity index (χ3n) is 5.20. The molecule has 0 aromatic carbocycles.